The van der Waals surface area contributed by atoms with E-state index in [0.29, 0.717) is 5.92 Å². The van der Waals surface area contributed by atoms with Gasteiger partial charge in [0.25, 0.3) is 0 Å². The summed E-state index contributed by atoms with van der Waals surface area (Å²) in [6.07, 6.45) is 3.25. The minimum absolute atomic E-state index is 0.549. The molecular formula is C10H18N2. The van der Waals surface area contributed by atoms with Crippen molar-refractivity contribution in [3.05, 3.63) is 17.5 Å². The van der Waals surface area contributed by atoms with Gasteiger partial charge >= 0.3 is 0 Å². The van der Waals surface area contributed by atoms with Crippen LogP contribution in [0, 0.1) is 0 Å². The second-order valence-electron chi connectivity index (χ2n) is 3.40. The van der Waals surface area contributed by atoms with Crippen LogP contribution < -0.4 is 0 Å². The van der Waals surface area contributed by atoms with Crippen molar-refractivity contribution in [1.82, 2.24) is 9.78 Å². The molecule has 0 amide bonds. The number of aromatic nitrogens is 2. The Morgan fingerprint density at radius 1 is 1.42 bits per heavy atom. The summed E-state index contributed by atoms with van der Waals surface area (Å²) < 4.78 is 2.02. The smallest absolute Gasteiger partial charge is 0.0681 e. The molecule has 0 aliphatic carbocycles. The second-order valence-corrected chi connectivity index (χ2v) is 3.40. The van der Waals surface area contributed by atoms with Crippen molar-refractivity contribution in [2.45, 2.75) is 46.6 Å². The second kappa shape index (κ2) is 3.74. The van der Waals surface area contributed by atoms with Crippen molar-refractivity contribution in [2.75, 3.05) is 0 Å². The first kappa shape index (κ1) is 9.30. The minimum Gasteiger partial charge on any atom is -0.272 e. The third-order valence-corrected chi connectivity index (χ3v) is 2.12. The maximum Gasteiger partial charge on any atom is 0.0681 e. The third kappa shape index (κ3) is 1.68. The molecule has 0 aromatic carbocycles. The van der Waals surface area contributed by atoms with Gasteiger partial charge in [0.15, 0.2) is 0 Å². The fourth-order valence-electron chi connectivity index (χ4n) is 1.40. The molecule has 0 saturated heterocycles. The van der Waals surface area contributed by atoms with Crippen LogP contribution >= 0.6 is 0 Å². The zero-order valence-corrected chi connectivity index (χ0v) is 8.46. The van der Waals surface area contributed by atoms with E-state index >= 15 is 0 Å². The summed E-state index contributed by atoms with van der Waals surface area (Å²) in [4.78, 5) is 0. The summed E-state index contributed by atoms with van der Waals surface area (Å²) in [6, 6.07) is 0. The highest BCUT2D eigenvalue weighted by molar-refractivity contribution is 5.19. The minimum atomic E-state index is 0.549. The SMILES string of the molecule is CCc1cn(CC)nc1C(C)C. The predicted molar refractivity (Wildman–Crippen MR) is 51.4 cm³/mol. The van der Waals surface area contributed by atoms with E-state index in [9.17, 15) is 0 Å². The van der Waals surface area contributed by atoms with Gasteiger partial charge in [0.1, 0.15) is 0 Å². The lowest BCUT2D eigenvalue weighted by Crippen LogP contribution is -1.97. The summed E-state index contributed by atoms with van der Waals surface area (Å²) in [5, 5.41) is 4.52. The van der Waals surface area contributed by atoms with Gasteiger partial charge in [0, 0.05) is 12.7 Å². The fourth-order valence-corrected chi connectivity index (χ4v) is 1.40. The molecule has 0 saturated carbocycles. The highest BCUT2D eigenvalue weighted by Crippen LogP contribution is 2.17. The van der Waals surface area contributed by atoms with E-state index in [2.05, 4.69) is 39.0 Å². The Labute approximate surface area is 74.6 Å². The molecule has 0 atom stereocenters. The molecule has 0 aliphatic rings. The highest BCUT2D eigenvalue weighted by Gasteiger charge is 2.09. The Morgan fingerprint density at radius 3 is 2.42 bits per heavy atom. The van der Waals surface area contributed by atoms with Gasteiger partial charge in [-0.05, 0) is 24.8 Å². The molecule has 2 heteroatoms. The first-order valence-electron chi connectivity index (χ1n) is 4.75. The van der Waals surface area contributed by atoms with Crippen LogP contribution in [0.15, 0.2) is 6.20 Å². The van der Waals surface area contributed by atoms with Crippen LogP contribution in [0.1, 0.15) is 44.9 Å². The van der Waals surface area contributed by atoms with Crippen molar-refractivity contribution in [1.29, 1.82) is 0 Å². The lowest BCUT2D eigenvalue weighted by atomic mass is 10.1. The molecule has 0 N–H and O–H groups in total. The molecule has 0 unspecified atom stereocenters. The quantitative estimate of drug-likeness (QED) is 0.675. The van der Waals surface area contributed by atoms with Crippen molar-refractivity contribution < 1.29 is 0 Å². The monoisotopic (exact) mass is 166 g/mol. The fraction of sp³-hybridized carbons (Fsp3) is 0.700. The molecule has 0 aliphatic heterocycles. The molecule has 0 radical (unpaired) electrons. The zero-order valence-electron chi connectivity index (χ0n) is 8.46. The molecule has 1 heterocycles. The lowest BCUT2D eigenvalue weighted by Gasteiger charge is -2.01. The van der Waals surface area contributed by atoms with E-state index in [4.69, 9.17) is 0 Å². The summed E-state index contributed by atoms with van der Waals surface area (Å²) in [6.45, 7) is 9.67. The van der Waals surface area contributed by atoms with Crippen LogP contribution in [0.5, 0.6) is 0 Å². The van der Waals surface area contributed by atoms with Crippen LogP contribution in [0.4, 0.5) is 0 Å². The van der Waals surface area contributed by atoms with Gasteiger partial charge in [0.2, 0.25) is 0 Å². The van der Waals surface area contributed by atoms with Crippen LogP contribution in [0.3, 0.4) is 0 Å². The lowest BCUT2D eigenvalue weighted by molar-refractivity contribution is 0.635. The van der Waals surface area contributed by atoms with Crippen LogP contribution in [0.2, 0.25) is 0 Å². The molecule has 68 valence electrons. The summed E-state index contributed by atoms with van der Waals surface area (Å²) in [5.41, 5.74) is 2.66. The zero-order chi connectivity index (χ0) is 9.14. The largest absolute Gasteiger partial charge is 0.272 e. The van der Waals surface area contributed by atoms with Crippen LogP contribution in [-0.2, 0) is 13.0 Å². The average molecular weight is 166 g/mol. The van der Waals surface area contributed by atoms with E-state index in [1.165, 1.54) is 11.3 Å². The molecule has 1 aromatic rings. The van der Waals surface area contributed by atoms with Crippen molar-refractivity contribution in [3.8, 4) is 0 Å². The van der Waals surface area contributed by atoms with Gasteiger partial charge in [-0.1, -0.05) is 20.8 Å². The van der Waals surface area contributed by atoms with Gasteiger partial charge < -0.3 is 0 Å². The van der Waals surface area contributed by atoms with E-state index in [-0.39, 0.29) is 0 Å². The van der Waals surface area contributed by atoms with Crippen molar-refractivity contribution >= 4 is 0 Å². The normalized spacial score (nSPS) is 11.1. The van der Waals surface area contributed by atoms with E-state index < -0.39 is 0 Å². The Hall–Kier alpha value is -0.790. The average Bonchev–Trinajstić information content (AvgIpc) is 2.47. The Morgan fingerprint density at radius 2 is 2.08 bits per heavy atom. The molecular weight excluding hydrogens is 148 g/mol. The Kier molecular flexibility index (Phi) is 2.90. The van der Waals surface area contributed by atoms with E-state index in [0.717, 1.165) is 13.0 Å². The molecule has 1 aromatic heterocycles. The maximum atomic E-state index is 4.52. The number of hydrogen-bond donors (Lipinski definition) is 0. The van der Waals surface area contributed by atoms with Crippen molar-refractivity contribution in [2.24, 2.45) is 0 Å². The van der Waals surface area contributed by atoms with Gasteiger partial charge in [-0.15, -0.1) is 0 Å². The highest BCUT2D eigenvalue weighted by atomic mass is 15.3. The number of nitrogens with zero attached hydrogens (tertiary/aromatic N) is 2. The van der Waals surface area contributed by atoms with Crippen LogP contribution in [-0.4, -0.2) is 9.78 Å². The Bertz CT molecular complexity index is 248. The summed E-state index contributed by atoms with van der Waals surface area (Å²) >= 11 is 0. The van der Waals surface area contributed by atoms with E-state index in [1.54, 1.807) is 0 Å². The number of hydrogen-bond acceptors (Lipinski definition) is 1. The summed E-state index contributed by atoms with van der Waals surface area (Å²) in [7, 11) is 0. The van der Waals surface area contributed by atoms with Crippen molar-refractivity contribution in [3.63, 3.8) is 0 Å². The Balaban J connectivity index is 3.00. The van der Waals surface area contributed by atoms with Crippen LogP contribution in [0.25, 0.3) is 0 Å². The van der Waals surface area contributed by atoms with Gasteiger partial charge in [-0.3, -0.25) is 4.68 Å². The molecule has 12 heavy (non-hydrogen) atoms. The summed E-state index contributed by atoms with van der Waals surface area (Å²) in [5.74, 6) is 0.549. The van der Waals surface area contributed by atoms with Gasteiger partial charge in [0.05, 0.1) is 5.69 Å². The predicted octanol–water partition coefficient (Wildman–Crippen LogP) is 2.59. The molecule has 0 fully saturated rings. The molecule has 0 bridgehead atoms. The van der Waals surface area contributed by atoms with Gasteiger partial charge in [-0.25, -0.2) is 0 Å². The first-order valence-corrected chi connectivity index (χ1v) is 4.75. The number of aryl methyl sites for hydroxylation is 2. The molecule has 1 rings (SSSR count). The topological polar surface area (TPSA) is 17.8 Å². The standard InChI is InChI=1S/C10H18N2/c1-5-9-7-12(6-2)11-10(9)8(3)4/h7-8H,5-6H2,1-4H3. The third-order valence-electron chi connectivity index (χ3n) is 2.12. The molecule has 0 spiro atoms. The number of rotatable bonds is 3. The first-order chi connectivity index (χ1) is 5.69. The maximum absolute atomic E-state index is 4.52. The van der Waals surface area contributed by atoms with Gasteiger partial charge in [-0.2, -0.15) is 5.10 Å². The molecule has 2 nitrogen and oxygen atoms in total. The van der Waals surface area contributed by atoms with E-state index in [1.807, 2.05) is 4.68 Å².